The van der Waals surface area contributed by atoms with E-state index in [9.17, 15) is 4.79 Å². The zero-order valence-electron chi connectivity index (χ0n) is 10.4. The zero-order valence-corrected chi connectivity index (χ0v) is 10.4. The van der Waals surface area contributed by atoms with Crippen molar-refractivity contribution in [2.75, 3.05) is 6.61 Å². The van der Waals surface area contributed by atoms with Gasteiger partial charge in [0.15, 0.2) is 12.1 Å². The first-order valence-corrected chi connectivity index (χ1v) is 5.76. The van der Waals surface area contributed by atoms with E-state index in [1.54, 1.807) is 6.92 Å². The van der Waals surface area contributed by atoms with Crippen molar-refractivity contribution in [2.24, 2.45) is 0 Å². The minimum absolute atomic E-state index is 0.514. The Morgan fingerprint density at radius 2 is 2.22 bits per heavy atom. The van der Waals surface area contributed by atoms with Gasteiger partial charge in [-0.3, -0.25) is 4.79 Å². The number of aryl methyl sites for hydroxylation is 1. The summed E-state index contributed by atoms with van der Waals surface area (Å²) in [6.45, 7) is 4.35. The molecule has 0 saturated carbocycles. The van der Waals surface area contributed by atoms with E-state index in [1.807, 2.05) is 31.2 Å². The maximum atomic E-state index is 10.7. The van der Waals surface area contributed by atoms with Gasteiger partial charge in [-0.25, -0.2) is 9.97 Å². The summed E-state index contributed by atoms with van der Waals surface area (Å²) in [5, 5.41) is 0. The van der Waals surface area contributed by atoms with E-state index in [0.29, 0.717) is 23.7 Å². The highest BCUT2D eigenvalue weighted by atomic mass is 16.5. The summed E-state index contributed by atoms with van der Waals surface area (Å²) in [5.41, 5.74) is 2.07. The van der Waals surface area contributed by atoms with Gasteiger partial charge in [-0.2, -0.15) is 0 Å². The van der Waals surface area contributed by atoms with Crippen molar-refractivity contribution in [1.29, 1.82) is 0 Å². The third-order valence-corrected chi connectivity index (χ3v) is 2.55. The fraction of sp³-hybridized carbons (Fsp3) is 0.214. The standard InChI is InChI=1S/C14H14N2O2/c1-3-18-13-6-4-5-11(7-13)14-15-8-12(9-17)10(2)16-14/h4-9H,3H2,1-2H3. The Morgan fingerprint density at radius 1 is 1.39 bits per heavy atom. The van der Waals surface area contributed by atoms with Crippen molar-refractivity contribution < 1.29 is 9.53 Å². The zero-order chi connectivity index (χ0) is 13.0. The molecule has 0 aliphatic carbocycles. The first-order valence-electron chi connectivity index (χ1n) is 5.76. The second-order valence-corrected chi connectivity index (χ2v) is 3.81. The topological polar surface area (TPSA) is 52.1 Å². The second-order valence-electron chi connectivity index (χ2n) is 3.81. The Balaban J connectivity index is 2.39. The number of nitrogens with zero attached hydrogens (tertiary/aromatic N) is 2. The van der Waals surface area contributed by atoms with Crippen LogP contribution in [0.3, 0.4) is 0 Å². The molecular formula is C14H14N2O2. The van der Waals surface area contributed by atoms with Crippen molar-refractivity contribution in [1.82, 2.24) is 9.97 Å². The van der Waals surface area contributed by atoms with Gasteiger partial charge in [0.25, 0.3) is 0 Å². The van der Waals surface area contributed by atoms with Crippen molar-refractivity contribution >= 4 is 6.29 Å². The number of rotatable bonds is 4. The van der Waals surface area contributed by atoms with Crippen LogP contribution in [-0.4, -0.2) is 22.9 Å². The normalized spacial score (nSPS) is 10.1. The molecule has 18 heavy (non-hydrogen) atoms. The summed E-state index contributed by atoms with van der Waals surface area (Å²) in [5.74, 6) is 1.38. The SMILES string of the molecule is CCOc1cccc(-c2ncc(C=O)c(C)n2)c1. The molecule has 0 radical (unpaired) electrons. The Morgan fingerprint density at radius 3 is 2.89 bits per heavy atom. The Hall–Kier alpha value is -2.23. The van der Waals surface area contributed by atoms with E-state index >= 15 is 0 Å². The number of hydrogen-bond acceptors (Lipinski definition) is 4. The third-order valence-electron chi connectivity index (χ3n) is 2.55. The molecule has 0 aliphatic heterocycles. The molecule has 1 aromatic heterocycles. The van der Waals surface area contributed by atoms with Gasteiger partial charge in [0.1, 0.15) is 5.75 Å². The highest BCUT2D eigenvalue weighted by Gasteiger charge is 2.06. The highest BCUT2D eigenvalue weighted by molar-refractivity contribution is 5.76. The van der Waals surface area contributed by atoms with Crippen molar-refractivity contribution in [3.63, 3.8) is 0 Å². The molecule has 0 amide bonds. The average Bonchev–Trinajstić information content (AvgIpc) is 2.39. The van der Waals surface area contributed by atoms with Gasteiger partial charge in [0.2, 0.25) is 0 Å². The predicted octanol–water partition coefficient (Wildman–Crippen LogP) is 2.66. The summed E-state index contributed by atoms with van der Waals surface area (Å²) >= 11 is 0. The lowest BCUT2D eigenvalue weighted by Crippen LogP contribution is -1.97. The molecule has 4 heteroatoms. The summed E-state index contributed by atoms with van der Waals surface area (Å²) < 4.78 is 5.43. The van der Waals surface area contributed by atoms with Crippen LogP contribution in [0.1, 0.15) is 23.0 Å². The molecule has 2 rings (SSSR count). The fourth-order valence-corrected chi connectivity index (χ4v) is 1.62. The molecule has 0 N–H and O–H groups in total. The summed E-state index contributed by atoms with van der Waals surface area (Å²) in [6.07, 6.45) is 2.30. The first kappa shape index (κ1) is 12.2. The molecule has 1 aromatic carbocycles. The molecule has 0 aliphatic rings. The largest absolute Gasteiger partial charge is 0.494 e. The summed E-state index contributed by atoms with van der Waals surface area (Å²) in [7, 11) is 0. The minimum atomic E-state index is 0.514. The van der Waals surface area contributed by atoms with E-state index in [-0.39, 0.29) is 0 Å². The van der Waals surface area contributed by atoms with Gasteiger partial charge >= 0.3 is 0 Å². The van der Waals surface area contributed by atoms with Crippen molar-refractivity contribution in [2.45, 2.75) is 13.8 Å². The van der Waals surface area contributed by atoms with Gasteiger partial charge in [0, 0.05) is 11.8 Å². The van der Waals surface area contributed by atoms with E-state index in [0.717, 1.165) is 17.6 Å². The van der Waals surface area contributed by atoms with Gasteiger partial charge < -0.3 is 4.74 Å². The third kappa shape index (κ3) is 2.53. The molecule has 0 bridgehead atoms. The lowest BCUT2D eigenvalue weighted by molar-refractivity contribution is 0.112. The monoisotopic (exact) mass is 242 g/mol. The fourth-order valence-electron chi connectivity index (χ4n) is 1.62. The lowest BCUT2D eigenvalue weighted by Gasteiger charge is -2.06. The smallest absolute Gasteiger partial charge is 0.159 e. The number of ether oxygens (including phenoxy) is 1. The van der Waals surface area contributed by atoms with Gasteiger partial charge in [-0.1, -0.05) is 12.1 Å². The van der Waals surface area contributed by atoms with Crippen LogP contribution in [0.15, 0.2) is 30.5 Å². The van der Waals surface area contributed by atoms with Crippen LogP contribution in [0, 0.1) is 6.92 Å². The van der Waals surface area contributed by atoms with Gasteiger partial charge in [-0.05, 0) is 26.0 Å². The Labute approximate surface area is 106 Å². The van der Waals surface area contributed by atoms with Crippen molar-refractivity contribution in [3.05, 3.63) is 41.7 Å². The Bertz CT molecular complexity index is 567. The highest BCUT2D eigenvalue weighted by Crippen LogP contribution is 2.21. The molecule has 2 aromatic rings. The maximum absolute atomic E-state index is 10.7. The van der Waals surface area contributed by atoms with E-state index in [2.05, 4.69) is 9.97 Å². The molecule has 0 unspecified atom stereocenters. The predicted molar refractivity (Wildman–Crippen MR) is 68.8 cm³/mol. The summed E-state index contributed by atoms with van der Waals surface area (Å²) in [6, 6.07) is 7.59. The van der Waals surface area contributed by atoms with E-state index in [4.69, 9.17) is 4.74 Å². The molecule has 0 saturated heterocycles. The number of carbonyl (C=O) groups is 1. The molecule has 4 nitrogen and oxygen atoms in total. The van der Waals surface area contributed by atoms with E-state index < -0.39 is 0 Å². The first-order chi connectivity index (χ1) is 8.74. The number of aromatic nitrogens is 2. The molecule has 92 valence electrons. The Kier molecular flexibility index (Phi) is 3.67. The van der Waals surface area contributed by atoms with Crippen LogP contribution >= 0.6 is 0 Å². The molecular weight excluding hydrogens is 228 g/mol. The average molecular weight is 242 g/mol. The van der Waals surface area contributed by atoms with E-state index in [1.165, 1.54) is 6.20 Å². The van der Waals surface area contributed by atoms with Crippen LogP contribution in [-0.2, 0) is 0 Å². The van der Waals surface area contributed by atoms with Crippen LogP contribution in [0.4, 0.5) is 0 Å². The van der Waals surface area contributed by atoms with Crippen molar-refractivity contribution in [3.8, 4) is 17.1 Å². The second kappa shape index (κ2) is 5.40. The summed E-state index contributed by atoms with van der Waals surface area (Å²) in [4.78, 5) is 19.2. The number of aldehydes is 1. The molecule has 0 spiro atoms. The molecule has 0 fully saturated rings. The van der Waals surface area contributed by atoms with Crippen LogP contribution < -0.4 is 4.74 Å². The quantitative estimate of drug-likeness (QED) is 0.773. The number of benzene rings is 1. The molecule has 0 atom stereocenters. The van der Waals surface area contributed by atoms with Crippen LogP contribution in [0.5, 0.6) is 5.75 Å². The molecule has 1 heterocycles. The maximum Gasteiger partial charge on any atom is 0.159 e. The lowest BCUT2D eigenvalue weighted by atomic mass is 10.2. The number of carbonyl (C=O) groups excluding carboxylic acids is 1. The number of hydrogen-bond donors (Lipinski definition) is 0. The minimum Gasteiger partial charge on any atom is -0.494 e. The van der Waals surface area contributed by atoms with Crippen LogP contribution in [0.25, 0.3) is 11.4 Å². The van der Waals surface area contributed by atoms with Gasteiger partial charge in [0.05, 0.1) is 17.9 Å². The van der Waals surface area contributed by atoms with Gasteiger partial charge in [-0.15, -0.1) is 0 Å². The van der Waals surface area contributed by atoms with Crippen LogP contribution in [0.2, 0.25) is 0 Å².